The molecule has 0 spiro atoms. The van der Waals surface area contributed by atoms with Crippen molar-refractivity contribution >= 4 is 30.2 Å². The fourth-order valence-corrected chi connectivity index (χ4v) is 1.17. The number of rotatable bonds is 5. The quantitative estimate of drug-likeness (QED) is 0.410. The largest absolute Gasteiger partial charge is 0.494 e. The number of halogens is 1. The van der Waals surface area contributed by atoms with Crippen molar-refractivity contribution in [3.05, 3.63) is 24.3 Å². The zero-order valence-electron chi connectivity index (χ0n) is 8.13. The molecule has 1 aromatic carbocycles. The highest BCUT2D eigenvalue weighted by molar-refractivity contribution is 6.63. The first-order valence-electron chi connectivity index (χ1n) is 4.56. The van der Waals surface area contributed by atoms with Gasteiger partial charge in [0.05, 0.1) is 6.61 Å². The van der Waals surface area contributed by atoms with E-state index in [9.17, 15) is 4.79 Å². The van der Waals surface area contributed by atoms with Gasteiger partial charge in [0.1, 0.15) is 13.6 Å². The summed E-state index contributed by atoms with van der Waals surface area (Å²) < 4.78 is 5.40. The molecule has 0 aliphatic rings. The van der Waals surface area contributed by atoms with Crippen LogP contribution in [0.15, 0.2) is 24.3 Å². The molecular weight excluding hydrogens is 198 g/mol. The van der Waals surface area contributed by atoms with Gasteiger partial charge in [-0.2, -0.15) is 0 Å². The lowest BCUT2D eigenvalue weighted by molar-refractivity contribution is -0.111. The van der Waals surface area contributed by atoms with Crippen LogP contribution in [0.2, 0.25) is 0 Å². The summed E-state index contributed by atoms with van der Waals surface area (Å²) in [4.78, 5) is 10.4. The summed E-state index contributed by atoms with van der Waals surface area (Å²) in [6.45, 7) is 0.529. The molecule has 0 aliphatic carbocycles. The van der Waals surface area contributed by atoms with Crippen molar-refractivity contribution in [2.75, 3.05) is 6.61 Å². The Morgan fingerprint density at radius 1 is 1.36 bits per heavy atom. The van der Waals surface area contributed by atoms with E-state index in [1.54, 1.807) is 0 Å². The number of carbonyl (C=O) groups is 1. The third-order valence-corrected chi connectivity index (χ3v) is 2.00. The van der Waals surface area contributed by atoms with E-state index < -0.39 is 0 Å². The minimum Gasteiger partial charge on any atom is -0.494 e. The van der Waals surface area contributed by atoms with Gasteiger partial charge in [0.2, 0.25) is 5.24 Å². The first kappa shape index (κ1) is 11.1. The molecule has 0 saturated carbocycles. The van der Waals surface area contributed by atoms with E-state index in [-0.39, 0.29) is 5.24 Å². The van der Waals surface area contributed by atoms with Gasteiger partial charge in [0.15, 0.2) is 0 Å². The molecule has 0 saturated heterocycles. The predicted octanol–water partition coefficient (Wildman–Crippen LogP) is 0.869. The topological polar surface area (TPSA) is 26.3 Å². The van der Waals surface area contributed by atoms with Gasteiger partial charge in [0, 0.05) is 6.42 Å². The van der Waals surface area contributed by atoms with Gasteiger partial charge < -0.3 is 4.74 Å². The maximum atomic E-state index is 10.4. The number of ether oxygens (including phenoxy) is 1. The van der Waals surface area contributed by atoms with Crippen molar-refractivity contribution in [1.29, 1.82) is 0 Å². The van der Waals surface area contributed by atoms with Gasteiger partial charge in [-0.3, -0.25) is 4.79 Å². The standard InChI is InChI=1S/C10H12BClO2/c11-8-3-5-9(6-4-8)14-7-1-2-10(12)13/h3-6H,1-2,7,11H2. The molecule has 0 radical (unpaired) electrons. The first-order chi connectivity index (χ1) is 6.68. The molecular formula is C10H12BClO2. The zero-order valence-corrected chi connectivity index (χ0v) is 8.88. The maximum Gasteiger partial charge on any atom is 0.221 e. The molecule has 14 heavy (non-hydrogen) atoms. The van der Waals surface area contributed by atoms with E-state index in [1.165, 1.54) is 5.46 Å². The average molecular weight is 210 g/mol. The molecule has 0 atom stereocenters. The molecule has 2 nitrogen and oxygen atoms in total. The van der Waals surface area contributed by atoms with Crippen molar-refractivity contribution in [2.45, 2.75) is 12.8 Å². The van der Waals surface area contributed by atoms with Gasteiger partial charge in [0.25, 0.3) is 0 Å². The monoisotopic (exact) mass is 210 g/mol. The zero-order chi connectivity index (χ0) is 10.4. The molecule has 0 aliphatic heterocycles. The number of benzene rings is 1. The lowest BCUT2D eigenvalue weighted by Crippen LogP contribution is -2.03. The van der Waals surface area contributed by atoms with Gasteiger partial charge in [-0.05, 0) is 30.2 Å². The Hall–Kier alpha value is -0.955. The Labute approximate surface area is 89.6 Å². The van der Waals surface area contributed by atoms with Crippen LogP contribution in [0.4, 0.5) is 0 Å². The summed E-state index contributed by atoms with van der Waals surface area (Å²) >= 11 is 5.19. The van der Waals surface area contributed by atoms with Gasteiger partial charge in [-0.15, -0.1) is 0 Å². The Kier molecular flexibility index (Phi) is 4.53. The van der Waals surface area contributed by atoms with Crippen LogP contribution in [0.5, 0.6) is 5.75 Å². The van der Waals surface area contributed by atoms with Crippen LogP contribution in [-0.4, -0.2) is 19.7 Å². The highest BCUT2D eigenvalue weighted by atomic mass is 35.5. The fourth-order valence-electron chi connectivity index (χ4n) is 1.04. The van der Waals surface area contributed by atoms with Gasteiger partial charge in [-0.1, -0.05) is 17.6 Å². The summed E-state index contributed by atoms with van der Waals surface area (Å²) in [7, 11) is 2.02. The predicted molar refractivity (Wildman–Crippen MR) is 60.2 cm³/mol. The summed E-state index contributed by atoms with van der Waals surface area (Å²) in [6.07, 6.45) is 1.03. The molecule has 0 amide bonds. The van der Waals surface area contributed by atoms with E-state index in [2.05, 4.69) is 0 Å². The van der Waals surface area contributed by atoms with Crippen LogP contribution in [0.25, 0.3) is 0 Å². The molecule has 0 aromatic heterocycles. The van der Waals surface area contributed by atoms with Crippen molar-refractivity contribution in [3.63, 3.8) is 0 Å². The SMILES string of the molecule is Bc1ccc(OCCCC(=O)Cl)cc1. The normalized spacial score (nSPS) is 9.79. The van der Waals surface area contributed by atoms with E-state index in [4.69, 9.17) is 16.3 Å². The Morgan fingerprint density at radius 2 is 2.00 bits per heavy atom. The van der Waals surface area contributed by atoms with Crippen molar-refractivity contribution < 1.29 is 9.53 Å². The van der Waals surface area contributed by atoms with E-state index in [0.717, 1.165) is 5.75 Å². The Bertz CT molecular complexity index is 297. The summed E-state index contributed by atoms with van der Waals surface area (Å²) in [5, 5.41) is -0.308. The lowest BCUT2D eigenvalue weighted by atomic mass is 9.97. The molecule has 0 heterocycles. The highest BCUT2D eigenvalue weighted by Crippen LogP contribution is 2.08. The van der Waals surface area contributed by atoms with Gasteiger partial charge in [-0.25, -0.2) is 0 Å². The minimum absolute atomic E-state index is 0.308. The second-order valence-electron chi connectivity index (χ2n) is 3.12. The second-order valence-corrected chi connectivity index (χ2v) is 3.54. The Morgan fingerprint density at radius 3 is 2.57 bits per heavy atom. The lowest BCUT2D eigenvalue weighted by Gasteiger charge is -2.04. The minimum atomic E-state index is -0.308. The van der Waals surface area contributed by atoms with Crippen LogP contribution in [0.1, 0.15) is 12.8 Å². The number of hydrogen-bond donors (Lipinski definition) is 0. The van der Waals surface area contributed by atoms with Crippen LogP contribution in [0.3, 0.4) is 0 Å². The van der Waals surface area contributed by atoms with Crippen molar-refractivity contribution in [3.8, 4) is 5.75 Å². The third-order valence-electron chi connectivity index (χ3n) is 1.81. The van der Waals surface area contributed by atoms with Crippen LogP contribution in [-0.2, 0) is 4.79 Å². The molecule has 1 aromatic rings. The molecule has 0 bridgehead atoms. The van der Waals surface area contributed by atoms with Crippen molar-refractivity contribution in [2.24, 2.45) is 0 Å². The van der Waals surface area contributed by atoms with Crippen LogP contribution >= 0.6 is 11.6 Å². The van der Waals surface area contributed by atoms with E-state index in [1.807, 2.05) is 32.1 Å². The van der Waals surface area contributed by atoms with Crippen molar-refractivity contribution in [1.82, 2.24) is 0 Å². The second kappa shape index (κ2) is 5.71. The van der Waals surface area contributed by atoms with Crippen LogP contribution < -0.4 is 10.2 Å². The molecule has 74 valence electrons. The van der Waals surface area contributed by atoms with E-state index in [0.29, 0.717) is 19.4 Å². The van der Waals surface area contributed by atoms with E-state index >= 15 is 0 Å². The first-order valence-corrected chi connectivity index (χ1v) is 4.94. The highest BCUT2D eigenvalue weighted by Gasteiger charge is 1.96. The molecule has 0 N–H and O–H groups in total. The molecule has 0 unspecified atom stereocenters. The molecule has 4 heteroatoms. The number of carbonyl (C=O) groups excluding carboxylic acids is 1. The molecule has 0 fully saturated rings. The summed E-state index contributed by atoms with van der Waals surface area (Å²) in [5.74, 6) is 0.831. The fraction of sp³-hybridized carbons (Fsp3) is 0.300. The van der Waals surface area contributed by atoms with Gasteiger partial charge >= 0.3 is 0 Å². The average Bonchev–Trinajstić information content (AvgIpc) is 2.15. The Balaban J connectivity index is 2.25. The maximum absolute atomic E-state index is 10.4. The molecule has 1 rings (SSSR count). The summed E-state index contributed by atoms with van der Waals surface area (Å²) in [6, 6.07) is 7.81. The summed E-state index contributed by atoms with van der Waals surface area (Å²) in [5.41, 5.74) is 1.20. The number of hydrogen-bond acceptors (Lipinski definition) is 2. The van der Waals surface area contributed by atoms with Crippen LogP contribution in [0, 0.1) is 0 Å². The smallest absolute Gasteiger partial charge is 0.221 e. The third kappa shape index (κ3) is 4.33.